The Morgan fingerprint density at radius 2 is 1.90 bits per heavy atom. The summed E-state index contributed by atoms with van der Waals surface area (Å²) >= 11 is 1.69. The molecule has 112 valence electrons. The van der Waals surface area contributed by atoms with E-state index in [0.29, 0.717) is 19.5 Å². The highest BCUT2D eigenvalue weighted by molar-refractivity contribution is 7.99. The highest BCUT2D eigenvalue weighted by Gasteiger charge is 2.20. The van der Waals surface area contributed by atoms with Crippen molar-refractivity contribution in [2.24, 2.45) is 0 Å². The van der Waals surface area contributed by atoms with Crippen LogP contribution in [0, 0.1) is 6.92 Å². The van der Waals surface area contributed by atoms with Crippen LogP contribution in [0.25, 0.3) is 0 Å². The second-order valence-electron chi connectivity index (χ2n) is 5.63. The van der Waals surface area contributed by atoms with Crippen LogP contribution in [-0.2, 0) is 4.79 Å². The molecule has 0 fully saturated rings. The molecule has 0 spiro atoms. The quantitative estimate of drug-likeness (QED) is 0.786. The number of aryl methyl sites for hydroxylation is 1. The third-order valence-corrected chi connectivity index (χ3v) is 3.93. The Labute approximate surface area is 126 Å². The van der Waals surface area contributed by atoms with Crippen molar-refractivity contribution in [1.29, 1.82) is 0 Å². The third kappa shape index (κ3) is 6.44. The minimum Gasteiger partial charge on any atom is -0.389 e. The van der Waals surface area contributed by atoms with Crippen LogP contribution in [0.4, 0.5) is 0 Å². The molecule has 0 saturated heterocycles. The van der Waals surface area contributed by atoms with Gasteiger partial charge in [-0.2, -0.15) is 0 Å². The van der Waals surface area contributed by atoms with Gasteiger partial charge in [0.1, 0.15) is 0 Å². The van der Waals surface area contributed by atoms with Crippen molar-refractivity contribution in [2.45, 2.75) is 44.6 Å². The van der Waals surface area contributed by atoms with Crippen LogP contribution >= 0.6 is 11.8 Å². The van der Waals surface area contributed by atoms with Crippen LogP contribution in [0.2, 0.25) is 0 Å². The Morgan fingerprint density at radius 1 is 1.30 bits per heavy atom. The first-order valence-electron chi connectivity index (χ1n) is 7.01. The molecule has 0 aromatic heterocycles. The topological polar surface area (TPSA) is 40.5 Å². The monoisotopic (exact) mass is 295 g/mol. The molecular formula is C16H25NO2S. The number of carbonyl (C=O) groups excluding carboxylic acids is 1. The number of benzene rings is 1. The van der Waals surface area contributed by atoms with E-state index in [1.54, 1.807) is 30.5 Å². The second kappa shape index (κ2) is 7.70. The van der Waals surface area contributed by atoms with Crippen molar-refractivity contribution >= 4 is 17.7 Å². The van der Waals surface area contributed by atoms with Crippen LogP contribution in [0.3, 0.4) is 0 Å². The summed E-state index contributed by atoms with van der Waals surface area (Å²) in [5, 5.41) is 9.80. The molecule has 0 bridgehead atoms. The molecule has 0 radical (unpaired) electrons. The number of rotatable bonds is 7. The summed E-state index contributed by atoms with van der Waals surface area (Å²) in [6.07, 6.45) is 0.502. The molecular weight excluding hydrogens is 270 g/mol. The molecule has 1 aromatic rings. The first-order valence-corrected chi connectivity index (χ1v) is 8.00. The van der Waals surface area contributed by atoms with Gasteiger partial charge < -0.3 is 10.0 Å². The van der Waals surface area contributed by atoms with Crippen molar-refractivity contribution < 1.29 is 9.90 Å². The molecule has 1 N–H and O–H groups in total. The van der Waals surface area contributed by atoms with Gasteiger partial charge in [0.25, 0.3) is 0 Å². The van der Waals surface area contributed by atoms with Gasteiger partial charge in [-0.15, -0.1) is 11.8 Å². The lowest BCUT2D eigenvalue weighted by Crippen LogP contribution is -2.42. The van der Waals surface area contributed by atoms with Crippen LogP contribution in [-0.4, -0.2) is 40.4 Å². The molecule has 0 unspecified atom stereocenters. The molecule has 1 aromatic carbocycles. The van der Waals surface area contributed by atoms with Gasteiger partial charge in [0.05, 0.1) is 5.60 Å². The number of amides is 1. The summed E-state index contributed by atoms with van der Waals surface area (Å²) in [5.74, 6) is 0.874. The largest absolute Gasteiger partial charge is 0.389 e. The standard InChI is InChI=1S/C16H25NO2S/c1-5-17(12-16(3,4)19)15(18)10-11-20-14-8-6-13(2)7-9-14/h6-9,19H,5,10-12H2,1-4H3. The van der Waals surface area contributed by atoms with E-state index in [1.165, 1.54) is 10.5 Å². The Bertz CT molecular complexity index is 423. The second-order valence-corrected chi connectivity index (χ2v) is 6.80. The molecule has 0 aliphatic rings. The Hall–Kier alpha value is -1.00. The molecule has 4 heteroatoms. The van der Waals surface area contributed by atoms with Gasteiger partial charge in [0.15, 0.2) is 0 Å². The maximum atomic E-state index is 12.1. The fraction of sp³-hybridized carbons (Fsp3) is 0.562. The predicted octanol–water partition coefficient (Wildman–Crippen LogP) is 3.10. The zero-order valence-corrected chi connectivity index (χ0v) is 13.7. The highest BCUT2D eigenvalue weighted by atomic mass is 32.2. The lowest BCUT2D eigenvalue weighted by atomic mass is 10.1. The number of hydrogen-bond donors (Lipinski definition) is 1. The van der Waals surface area contributed by atoms with E-state index in [2.05, 4.69) is 31.2 Å². The average molecular weight is 295 g/mol. The third-order valence-electron chi connectivity index (χ3n) is 2.92. The van der Waals surface area contributed by atoms with Gasteiger partial charge in [-0.25, -0.2) is 0 Å². The molecule has 0 heterocycles. The zero-order valence-electron chi connectivity index (χ0n) is 12.8. The number of carbonyl (C=O) groups is 1. The molecule has 1 amide bonds. The van der Waals surface area contributed by atoms with Crippen molar-refractivity contribution in [3.8, 4) is 0 Å². The predicted molar refractivity (Wildman–Crippen MR) is 85.1 cm³/mol. The summed E-state index contributed by atoms with van der Waals surface area (Å²) in [4.78, 5) is 15.0. The van der Waals surface area contributed by atoms with Gasteiger partial charge in [-0.3, -0.25) is 4.79 Å². The van der Waals surface area contributed by atoms with E-state index in [4.69, 9.17) is 0 Å². The number of aliphatic hydroxyl groups is 1. The van der Waals surface area contributed by atoms with E-state index in [0.717, 1.165) is 5.75 Å². The number of thioether (sulfide) groups is 1. The van der Waals surface area contributed by atoms with Crippen molar-refractivity contribution in [2.75, 3.05) is 18.8 Å². The molecule has 0 aliphatic heterocycles. The Balaban J connectivity index is 2.40. The SMILES string of the molecule is CCN(CC(C)(C)O)C(=O)CCSc1ccc(C)cc1. The fourth-order valence-corrected chi connectivity index (χ4v) is 2.73. The molecule has 1 rings (SSSR count). The normalized spacial score (nSPS) is 11.4. The van der Waals surface area contributed by atoms with Crippen molar-refractivity contribution in [3.63, 3.8) is 0 Å². The fourth-order valence-electron chi connectivity index (χ4n) is 1.89. The molecule has 0 atom stereocenters. The van der Waals surface area contributed by atoms with E-state index >= 15 is 0 Å². The van der Waals surface area contributed by atoms with Crippen LogP contribution < -0.4 is 0 Å². The minimum absolute atomic E-state index is 0.106. The van der Waals surface area contributed by atoms with Gasteiger partial charge >= 0.3 is 0 Å². The van der Waals surface area contributed by atoms with Crippen molar-refractivity contribution in [1.82, 2.24) is 4.90 Å². The van der Waals surface area contributed by atoms with Gasteiger partial charge in [0, 0.05) is 30.2 Å². The van der Waals surface area contributed by atoms with Crippen molar-refractivity contribution in [3.05, 3.63) is 29.8 Å². The van der Waals surface area contributed by atoms with Crippen LogP contribution in [0.1, 0.15) is 32.8 Å². The van der Waals surface area contributed by atoms with Gasteiger partial charge in [-0.05, 0) is 39.8 Å². The summed E-state index contributed by atoms with van der Waals surface area (Å²) in [7, 11) is 0. The lowest BCUT2D eigenvalue weighted by molar-refractivity contribution is -0.133. The van der Waals surface area contributed by atoms with E-state index < -0.39 is 5.60 Å². The first kappa shape index (κ1) is 17.1. The Morgan fingerprint density at radius 3 is 2.40 bits per heavy atom. The molecule has 20 heavy (non-hydrogen) atoms. The summed E-state index contributed by atoms with van der Waals surface area (Å²) in [6.45, 7) is 8.48. The highest BCUT2D eigenvalue weighted by Crippen LogP contribution is 2.19. The number of hydrogen-bond acceptors (Lipinski definition) is 3. The lowest BCUT2D eigenvalue weighted by Gasteiger charge is -2.28. The molecule has 0 saturated carbocycles. The van der Waals surface area contributed by atoms with E-state index in [-0.39, 0.29) is 5.91 Å². The zero-order chi connectivity index (χ0) is 15.2. The maximum Gasteiger partial charge on any atom is 0.223 e. The van der Waals surface area contributed by atoms with E-state index in [9.17, 15) is 9.90 Å². The summed E-state index contributed by atoms with van der Waals surface area (Å²) in [5.41, 5.74) is 0.406. The summed E-state index contributed by atoms with van der Waals surface area (Å²) in [6, 6.07) is 8.32. The van der Waals surface area contributed by atoms with Crippen LogP contribution in [0.5, 0.6) is 0 Å². The number of likely N-dealkylation sites (N-methyl/N-ethyl adjacent to an activating group) is 1. The smallest absolute Gasteiger partial charge is 0.223 e. The number of nitrogens with zero attached hydrogens (tertiary/aromatic N) is 1. The minimum atomic E-state index is -0.838. The molecule has 0 aliphatic carbocycles. The van der Waals surface area contributed by atoms with Gasteiger partial charge in [0.2, 0.25) is 5.91 Å². The Kier molecular flexibility index (Phi) is 6.56. The van der Waals surface area contributed by atoms with E-state index in [1.807, 2.05) is 6.92 Å². The average Bonchev–Trinajstić information content (AvgIpc) is 2.37. The maximum absolute atomic E-state index is 12.1. The first-order chi connectivity index (χ1) is 9.31. The van der Waals surface area contributed by atoms with Gasteiger partial charge in [-0.1, -0.05) is 17.7 Å². The summed E-state index contributed by atoms with van der Waals surface area (Å²) < 4.78 is 0. The van der Waals surface area contributed by atoms with Crippen LogP contribution in [0.15, 0.2) is 29.2 Å². The molecule has 3 nitrogen and oxygen atoms in total.